The molecule has 1 aliphatic heterocycles. The number of hydrogen-bond acceptors (Lipinski definition) is 4. The van der Waals surface area contributed by atoms with Gasteiger partial charge in [0.2, 0.25) is 18.6 Å². The summed E-state index contributed by atoms with van der Waals surface area (Å²) in [5.41, 5.74) is -0.174. The summed E-state index contributed by atoms with van der Waals surface area (Å²) in [6, 6.07) is 7.94. The Morgan fingerprint density at radius 2 is 1.62 bits per heavy atom. The van der Waals surface area contributed by atoms with Gasteiger partial charge in [0.1, 0.15) is 23.7 Å². The molecule has 0 spiro atoms. The van der Waals surface area contributed by atoms with Crippen LogP contribution in [0.25, 0.3) is 0 Å². The van der Waals surface area contributed by atoms with Gasteiger partial charge in [-0.05, 0) is 24.3 Å². The Balaban J connectivity index is 1.59. The molecule has 8 heteroatoms. The van der Waals surface area contributed by atoms with Crippen LogP contribution in [0.5, 0.6) is 11.5 Å². The molecule has 6 nitrogen and oxygen atoms in total. The maximum atomic E-state index is 13.4. The van der Waals surface area contributed by atoms with E-state index < -0.39 is 35.6 Å². The number of para-hydroxylation sites is 1. The molecule has 0 saturated carbocycles. The molecular formula is C16H12F2N2O4. The number of carbonyl (C=O) groups is 2. The minimum absolute atomic E-state index is 0.101. The van der Waals surface area contributed by atoms with Crippen molar-refractivity contribution in [3.05, 3.63) is 48.0 Å². The quantitative estimate of drug-likeness (QED) is 0.843. The fraction of sp³-hybridized carbons (Fsp3) is 0.125. The molecule has 2 N–H and O–H groups in total. The predicted molar refractivity (Wildman–Crippen MR) is 80.8 cm³/mol. The van der Waals surface area contributed by atoms with E-state index in [0.717, 1.165) is 12.1 Å². The highest BCUT2D eigenvalue weighted by atomic mass is 19.1. The third kappa shape index (κ3) is 3.43. The van der Waals surface area contributed by atoms with Gasteiger partial charge in [-0.1, -0.05) is 6.07 Å². The average molecular weight is 334 g/mol. The van der Waals surface area contributed by atoms with E-state index in [1.165, 1.54) is 6.07 Å². The van der Waals surface area contributed by atoms with Crippen molar-refractivity contribution in [3.8, 4) is 11.5 Å². The Hall–Kier alpha value is -3.16. The lowest BCUT2D eigenvalue weighted by Crippen LogP contribution is -2.22. The number of benzene rings is 2. The summed E-state index contributed by atoms with van der Waals surface area (Å²) in [6.07, 6.45) is -0.595. The summed E-state index contributed by atoms with van der Waals surface area (Å²) in [7, 11) is 0. The lowest BCUT2D eigenvalue weighted by molar-refractivity contribution is -0.123. The average Bonchev–Trinajstić information content (AvgIpc) is 2.98. The van der Waals surface area contributed by atoms with Gasteiger partial charge in [-0.2, -0.15) is 0 Å². The maximum absolute atomic E-state index is 13.4. The predicted octanol–water partition coefficient (Wildman–Crippen LogP) is 2.66. The van der Waals surface area contributed by atoms with Crippen molar-refractivity contribution in [2.24, 2.45) is 0 Å². The second kappa shape index (κ2) is 6.53. The molecule has 0 aliphatic carbocycles. The number of carbonyl (C=O) groups excluding carboxylic acids is 2. The van der Waals surface area contributed by atoms with Crippen molar-refractivity contribution in [1.29, 1.82) is 0 Å². The molecule has 0 saturated heterocycles. The zero-order valence-electron chi connectivity index (χ0n) is 12.3. The smallest absolute Gasteiger partial charge is 0.233 e. The summed E-state index contributed by atoms with van der Waals surface area (Å²) in [6.45, 7) is 0.101. The Bertz CT molecular complexity index is 790. The molecule has 0 atom stereocenters. The first kappa shape index (κ1) is 15.7. The molecular weight excluding hydrogens is 322 g/mol. The van der Waals surface area contributed by atoms with E-state index in [2.05, 4.69) is 5.32 Å². The van der Waals surface area contributed by atoms with E-state index >= 15 is 0 Å². The van der Waals surface area contributed by atoms with Crippen LogP contribution in [0, 0.1) is 11.6 Å². The maximum Gasteiger partial charge on any atom is 0.233 e. The standard InChI is InChI=1S/C16H12F2N2O4/c17-10-2-1-3-11(18)16(10)20-15(22)7-14(21)19-9-4-5-12-13(6-9)24-8-23-12/h1-6H,7-8H2,(H,19,21)(H,20,22). The van der Waals surface area contributed by atoms with E-state index in [-0.39, 0.29) is 6.79 Å². The van der Waals surface area contributed by atoms with Crippen molar-refractivity contribution < 1.29 is 27.8 Å². The fourth-order valence-corrected chi connectivity index (χ4v) is 2.13. The van der Waals surface area contributed by atoms with Crippen LogP contribution in [0.4, 0.5) is 20.2 Å². The third-order valence-electron chi connectivity index (χ3n) is 3.20. The summed E-state index contributed by atoms with van der Waals surface area (Å²) in [5, 5.41) is 4.54. The zero-order chi connectivity index (χ0) is 17.1. The van der Waals surface area contributed by atoms with Crippen LogP contribution in [0.2, 0.25) is 0 Å². The van der Waals surface area contributed by atoms with Gasteiger partial charge in [-0.15, -0.1) is 0 Å². The van der Waals surface area contributed by atoms with E-state index in [1.807, 2.05) is 5.32 Å². The summed E-state index contributed by atoms with van der Waals surface area (Å²) >= 11 is 0. The number of rotatable bonds is 4. The monoisotopic (exact) mass is 334 g/mol. The second-order valence-corrected chi connectivity index (χ2v) is 4.94. The first-order valence-corrected chi connectivity index (χ1v) is 6.96. The van der Waals surface area contributed by atoms with E-state index in [4.69, 9.17) is 9.47 Å². The van der Waals surface area contributed by atoms with Crippen molar-refractivity contribution >= 4 is 23.2 Å². The van der Waals surface area contributed by atoms with Crippen molar-refractivity contribution in [3.63, 3.8) is 0 Å². The molecule has 124 valence electrons. The zero-order valence-corrected chi connectivity index (χ0v) is 12.3. The fourth-order valence-electron chi connectivity index (χ4n) is 2.13. The molecule has 0 radical (unpaired) electrons. The Kier molecular flexibility index (Phi) is 4.28. The minimum atomic E-state index is -0.917. The van der Waals surface area contributed by atoms with Crippen LogP contribution in [-0.2, 0) is 9.59 Å². The van der Waals surface area contributed by atoms with Crippen molar-refractivity contribution in [2.45, 2.75) is 6.42 Å². The molecule has 2 amide bonds. The van der Waals surface area contributed by atoms with Gasteiger partial charge in [0.25, 0.3) is 0 Å². The molecule has 3 rings (SSSR count). The van der Waals surface area contributed by atoms with E-state index in [1.54, 1.807) is 18.2 Å². The molecule has 0 aromatic heterocycles. The van der Waals surface area contributed by atoms with E-state index in [9.17, 15) is 18.4 Å². The Labute approximate surface area is 135 Å². The van der Waals surface area contributed by atoms with Crippen LogP contribution >= 0.6 is 0 Å². The molecule has 2 aromatic carbocycles. The normalized spacial score (nSPS) is 11.9. The lowest BCUT2D eigenvalue weighted by atomic mass is 10.2. The SMILES string of the molecule is O=C(CC(=O)Nc1c(F)cccc1F)Nc1ccc2c(c1)OCO2. The van der Waals surface area contributed by atoms with Crippen LogP contribution in [0.3, 0.4) is 0 Å². The summed E-state index contributed by atoms with van der Waals surface area (Å²) in [4.78, 5) is 23.6. The van der Waals surface area contributed by atoms with Gasteiger partial charge in [0.15, 0.2) is 11.5 Å². The Morgan fingerprint density at radius 1 is 0.958 bits per heavy atom. The number of nitrogens with one attached hydrogen (secondary N) is 2. The topological polar surface area (TPSA) is 76.7 Å². The second-order valence-electron chi connectivity index (χ2n) is 4.94. The highest BCUT2D eigenvalue weighted by Crippen LogP contribution is 2.34. The van der Waals surface area contributed by atoms with Gasteiger partial charge >= 0.3 is 0 Å². The number of ether oxygens (including phenoxy) is 2. The molecule has 0 bridgehead atoms. The van der Waals surface area contributed by atoms with Crippen molar-refractivity contribution in [2.75, 3.05) is 17.4 Å². The van der Waals surface area contributed by atoms with Gasteiger partial charge in [-0.3, -0.25) is 9.59 Å². The highest BCUT2D eigenvalue weighted by molar-refractivity contribution is 6.08. The number of anilines is 2. The van der Waals surface area contributed by atoms with E-state index in [0.29, 0.717) is 17.2 Å². The third-order valence-corrected chi connectivity index (χ3v) is 3.20. The number of halogens is 2. The minimum Gasteiger partial charge on any atom is -0.454 e. The van der Waals surface area contributed by atoms with Gasteiger partial charge < -0.3 is 20.1 Å². The van der Waals surface area contributed by atoms with Crippen molar-refractivity contribution in [1.82, 2.24) is 0 Å². The van der Waals surface area contributed by atoms with Crippen LogP contribution in [-0.4, -0.2) is 18.6 Å². The van der Waals surface area contributed by atoms with Crippen LogP contribution in [0.1, 0.15) is 6.42 Å². The summed E-state index contributed by atoms with van der Waals surface area (Å²) in [5.74, 6) is -2.27. The van der Waals surface area contributed by atoms with Gasteiger partial charge in [-0.25, -0.2) is 8.78 Å². The van der Waals surface area contributed by atoms with Crippen LogP contribution in [0.15, 0.2) is 36.4 Å². The molecule has 1 heterocycles. The molecule has 24 heavy (non-hydrogen) atoms. The molecule has 0 fully saturated rings. The largest absolute Gasteiger partial charge is 0.454 e. The molecule has 1 aliphatic rings. The summed E-state index contributed by atoms with van der Waals surface area (Å²) < 4.78 is 37.2. The van der Waals surface area contributed by atoms with Crippen LogP contribution < -0.4 is 20.1 Å². The van der Waals surface area contributed by atoms with Gasteiger partial charge in [0.05, 0.1) is 0 Å². The van der Waals surface area contributed by atoms with Gasteiger partial charge in [0, 0.05) is 11.8 Å². The number of hydrogen-bond donors (Lipinski definition) is 2. The first-order chi connectivity index (χ1) is 11.5. The molecule has 2 aromatic rings. The lowest BCUT2D eigenvalue weighted by Gasteiger charge is -2.08. The number of fused-ring (bicyclic) bond motifs is 1. The first-order valence-electron chi connectivity index (χ1n) is 6.96. The molecule has 0 unspecified atom stereocenters. The Morgan fingerprint density at radius 3 is 2.38 bits per heavy atom. The number of amides is 2. The highest BCUT2D eigenvalue weighted by Gasteiger charge is 2.17.